The predicted molar refractivity (Wildman–Crippen MR) is 132 cm³/mol. The lowest BCUT2D eigenvalue weighted by atomic mass is 9.49. The Hall–Kier alpha value is -2.30. The van der Waals surface area contributed by atoms with E-state index in [0.717, 1.165) is 56.1 Å². The van der Waals surface area contributed by atoms with Gasteiger partial charge in [0.1, 0.15) is 12.7 Å². The maximum Gasteiger partial charge on any atom is 0.165 e. The highest BCUT2D eigenvalue weighted by Crippen LogP contribution is 2.66. The van der Waals surface area contributed by atoms with Gasteiger partial charge in [-0.05, 0) is 74.6 Å². The largest absolute Gasteiger partial charge is 0.485 e. The minimum atomic E-state index is -0.201. The van der Waals surface area contributed by atoms with E-state index in [9.17, 15) is 0 Å². The molecule has 3 aliphatic carbocycles. The van der Waals surface area contributed by atoms with E-state index in [1.165, 1.54) is 36.1 Å². The van der Waals surface area contributed by atoms with Gasteiger partial charge in [-0.3, -0.25) is 4.90 Å². The third-order valence-electron chi connectivity index (χ3n) is 9.30. The monoisotopic (exact) mass is 457 g/mol. The van der Waals surface area contributed by atoms with Gasteiger partial charge < -0.3 is 14.2 Å². The Morgan fingerprint density at radius 3 is 2.79 bits per heavy atom. The summed E-state index contributed by atoms with van der Waals surface area (Å²) in [6.45, 7) is 7.54. The van der Waals surface area contributed by atoms with Crippen LogP contribution in [0.15, 0.2) is 55.1 Å². The molecule has 1 saturated heterocycles. The third kappa shape index (κ3) is 2.91. The molecule has 3 fully saturated rings. The molecular formula is C30H35NO3. The molecule has 2 bridgehead atoms. The third-order valence-corrected chi connectivity index (χ3v) is 9.30. The van der Waals surface area contributed by atoms with Crippen molar-refractivity contribution in [2.24, 2.45) is 5.92 Å². The Kier molecular flexibility index (Phi) is 4.86. The summed E-state index contributed by atoms with van der Waals surface area (Å²) in [4.78, 5) is 2.79. The molecule has 2 saturated carbocycles. The molecule has 2 heterocycles. The summed E-state index contributed by atoms with van der Waals surface area (Å²) in [6, 6.07) is 15.3. The van der Waals surface area contributed by atoms with Gasteiger partial charge in [0.2, 0.25) is 0 Å². The topological polar surface area (TPSA) is 30.9 Å². The molecule has 4 atom stereocenters. The van der Waals surface area contributed by atoms with Gasteiger partial charge in [-0.2, -0.15) is 0 Å². The minimum absolute atomic E-state index is 0.0754. The molecule has 0 amide bonds. The SMILES string of the molecule is C=CCO[C@@]12CCC[C@@H]3Oc4c(OCc5ccccc5)ccc5c4[C@@]31CCN(CC1CC1)[C@@H]2C5. The summed E-state index contributed by atoms with van der Waals surface area (Å²) in [5.41, 5.74) is 3.77. The van der Waals surface area contributed by atoms with Crippen LogP contribution in [-0.4, -0.2) is 42.3 Å². The Balaban J connectivity index is 1.32. The van der Waals surface area contributed by atoms with Crippen molar-refractivity contribution in [3.63, 3.8) is 0 Å². The first-order valence-electron chi connectivity index (χ1n) is 13.2. The molecule has 2 aromatic carbocycles. The lowest BCUT2D eigenvalue weighted by molar-refractivity contribution is -0.210. The van der Waals surface area contributed by atoms with Crippen LogP contribution in [0.1, 0.15) is 55.2 Å². The summed E-state index contributed by atoms with van der Waals surface area (Å²) in [5, 5.41) is 0. The zero-order chi connectivity index (χ0) is 22.8. The number of hydrogen-bond donors (Lipinski definition) is 0. The fraction of sp³-hybridized carbons (Fsp3) is 0.533. The standard InChI is InChI=1S/C30H35NO3/c1-2-17-33-30-14-6-9-26-29(30)15-16-31(19-21-10-11-21)25(30)18-23-12-13-24(28(34-26)27(23)29)32-20-22-7-4-3-5-8-22/h2-5,7-8,12-13,21,25-26H,1,6,9-11,14-20H2/t25-,26+,29-,30-/m1/s1. The van der Waals surface area contributed by atoms with Gasteiger partial charge in [0, 0.05) is 18.2 Å². The van der Waals surface area contributed by atoms with Gasteiger partial charge in [-0.1, -0.05) is 42.5 Å². The van der Waals surface area contributed by atoms with Gasteiger partial charge in [0.15, 0.2) is 11.5 Å². The first-order chi connectivity index (χ1) is 16.7. The molecule has 4 nitrogen and oxygen atoms in total. The summed E-state index contributed by atoms with van der Waals surface area (Å²) in [6.07, 6.45) is 10.4. The molecule has 178 valence electrons. The predicted octanol–water partition coefficient (Wildman–Crippen LogP) is 5.43. The van der Waals surface area contributed by atoms with E-state index < -0.39 is 0 Å². The van der Waals surface area contributed by atoms with E-state index in [1.54, 1.807) is 0 Å². The zero-order valence-electron chi connectivity index (χ0n) is 20.0. The van der Waals surface area contributed by atoms with E-state index in [1.807, 2.05) is 12.1 Å². The van der Waals surface area contributed by atoms with E-state index in [-0.39, 0.29) is 17.1 Å². The van der Waals surface area contributed by atoms with Crippen LogP contribution in [0.25, 0.3) is 0 Å². The van der Waals surface area contributed by atoms with Crippen molar-refractivity contribution in [1.29, 1.82) is 0 Å². The molecule has 4 heteroatoms. The number of likely N-dealkylation sites (tertiary alicyclic amines) is 1. The van der Waals surface area contributed by atoms with Gasteiger partial charge in [0.25, 0.3) is 0 Å². The number of rotatable bonds is 8. The Morgan fingerprint density at radius 2 is 1.97 bits per heavy atom. The van der Waals surface area contributed by atoms with Gasteiger partial charge in [-0.25, -0.2) is 0 Å². The fourth-order valence-corrected chi connectivity index (χ4v) is 7.79. The fourth-order valence-electron chi connectivity index (χ4n) is 7.79. The molecule has 0 N–H and O–H groups in total. The highest BCUT2D eigenvalue weighted by Gasteiger charge is 2.72. The molecule has 0 radical (unpaired) electrons. The van der Waals surface area contributed by atoms with Gasteiger partial charge in [-0.15, -0.1) is 6.58 Å². The highest BCUT2D eigenvalue weighted by molar-refractivity contribution is 5.62. The number of nitrogens with zero attached hydrogens (tertiary/aromatic N) is 1. The van der Waals surface area contributed by atoms with Crippen molar-refractivity contribution < 1.29 is 14.2 Å². The van der Waals surface area contributed by atoms with Crippen molar-refractivity contribution in [3.05, 3.63) is 71.8 Å². The second kappa shape index (κ2) is 7.86. The van der Waals surface area contributed by atoms with Crippen molar-refractivity contribution in [1.82, 2.24) is 4.90 Å². The summed E-state index contributed by atoms with van der Waals surface area (Å²) >= 11 is 0. The van der Waals surface area contributed by atoms with Crippen molar-refractivity contribution in [2.75, 3.05) is 19.7 Å². The van der Waals surface area contributed by atoms with Crippen molar-refractivity contribution in [2.45, 2.75) is 74.7 Å². The molecule has 5 aliphatic rings. The van der Waals surface area contributed by atoms with Crippen LogP contribution >= 0.6 is 0 Å². The van der Waals surface area contributed by atoms with E-state index in [0.29, 0.717) is 19.3 Å². The Labute approximate surface area is 202 Å². The summed E-state index contributed by atoms with van der Waals surface area (Å²) < 4.78 is 20.2. The van der Waals surface area contributed by atoms with Crippen molar-refractivity contribution >= 4 is 0 Å². The number of benzene rings is 2. The number of hydrogen-bond acceptors (Lipinski definition) is 4. The maximum absolute atomic E-state index is 6.96. The smallest absolute Gasteiger partial charge is 0.165 e. The van der Waals surface area contributed by atoms with Gasteiger partial charge in [0.05, 0.1) is 17.6 Å². The average molecular weight is 458 g/mol. The van der Waals surface area contributed by atoms with Crippen LogP contribution in [0, 0.1) is 5.92 Å². The second-order valence-electron chi connectivity index (χ2n) is 11.1. The molecular weight excluding hydrogens is 422 g/mol. The lowest BCUT2D eigenvalue weighted by Crippen LogP contribution is -2.76. The molecule has 0 unspecified atom stereocenters. The van der Waals surface area contributed by atoms with Crippen molar-refractivity contribution in [3.8, 4) is 11.5 Å². The first-order valence-corrected chi connectivity index (χ1v) is 13.2. The number of piperidine rings is 1. The van der Waals surface area contributed by atoms with E-state index in [4.69, 9.17) is 14.2 Å². The second-order valence-corrected chi connectivity index (χ2v) is 11.1. The van der Waals surface area contributed by atoms with Crippen LogP contribution in [0.4, 0.5) is 0 Å². The van der Waals surface area contributed by atoms with Crippen LogP contribution in [-0.2, 0) is 23.2 Å². The van der Waals surface area contributed by atoms with E-state index in [2.05, 4.69) is 47.9 Å². The maximum atomic E-state index is 6.96. The Morgan fingerprint density at radius 1 is 1.09 bits per heavy atom. The average Bonchev–Trinajstić information content (AvgIpc) is 3.62. The molecule has 2 aromatic rings. The van der Waals surface area contributed by atoms with Crippen LogP contribution in [0.5, 0.6) is 11.5 Å². The highest BCUT2D eigenvalue weighted by atomic mass is 16.5. The summed E-state index contributed by atoms with van der Waals surface area (Å²) in [5.74, 6) is 2.78. The van der Waals surface area contributed by atoms with Crippen LogP contribution < -0.4 is 9.47 Å². The molecule has 34 heavy (non-hydrogen) atoms. The van der Waals surface area contributed by atoms with Crippen LogP contribution in [0.2, 0.25) is 0 Å². The Bertz CT molecular complexity index is 1100. The molecule has 0 aromatic heterocycles. The summed E-state index contributed by atoms with van der Waals surface area (Å²) in [7, 11) is 0. The zero-order valence-corrected chi connectivity index (χ0v) is 20.0. The normalized spacial score (nSPS) is 33.2. The molecule has 1 spiro atoms. The number of ether oxygens (including phenoxy) is 3. The molecule has 2 aliphatic heterocycles. The molecule has 7 rings (SSSR count). The quantitative estimate of drug-likeness (QED) is 0.495. The van der Waals surface area contributed by atoms with Crippen LogP contribution in [0.3, 0.4) is 0 Å². The lowest BCUT2D eigenvalue weighted by Gasteiger charge is -2.65. The van der Waals surface area contributed by atoms with E-state index >= 15 is 0 Å². The first kappa shape index (κ1) is 21.0. The van der Waals surface area contributed by atoms with Gasteiger partial charge >= 0.3 is 0 Å². The minimum Gasteiger partial charge on any atom is -0.485 e.